The number of hydrogen-bond donors (Lipinski definition) is 2. The minimum absolute atomic E-state index is 0.0153. The zero-order chi connectivity index (χ0) is 12.7. The van der Waals surface area contributed by atoms with Gasteiger partial charge in [0.1, 0.15) is 11.2 Å². The normalized spacial score (nSPS) is 25.2. The molecule has 96 valence electrons. The van der Waals surface area contributed by atoms with Crippen molar-refractivity contribution in [2.45, 2.75) is 18.0 Å². The fraction of sp³-hybridized carbons (Fsp3) is 0.778. The van der Waals surface area contributed by atoms with Crippen LogP contribution in [0.15, 0.2) is 0 Å². The van der Waals surface area contributed by atoms with Crippen LogP contribution >= 0.6 is 0 Å². The van der Waals surface area contributed by atoms with Gasteiger partial charge < -0.3 is 10.2 Å². The van der Waals surface area contributed by atoms with E-state index < -0.39 is 11.6 Å². The molecule has 1 aliphatic rings. The molecule has 0 aliphatic carbocycles. The first kappa shape index (κ1) is 12.2. The largest absolute Gasteiger partial charge is 0.402 e. The van der Waals surface area contributed by atoms with Crippen molar-refractivity contribution in [3.63, 3.8) is 0 Å². The third-order valence-corrected chi connectivity index (χ3v) is 3.02. The highest BCUT2D eigenvalue weighted by atomic mass is 19.4. The van der Waals surface area contributed by atoms with Crippen LogP contribution in [0.4, 0.5) is 19.1 Å². The first-order valence-electron chi connectivity index (χ1n) is 5.24. The number of halogens is 3. The van der Waals surface area contributed by atoms with Crippen molar-refractivity contribution in [3.05, 3.63) is 5.82 Å². The molecule has 2 N–H and O–H groups in total. The molecule has 17 heavy (non-hydrogen) atoms. The van der Waals surface area contributed by atoms with E-state index in [-0.39, 0.29) is 24.7 Å². The van der Waals surface area contributed by atoms with Crippen LogP contribution in [0.1, 0.15) is 12.2 Å². The van der Waals surface area contributed by atoms with E-state index in [0.29, 0.717) is 6.54 Å². The second kappa shape index (κ2) is 3.86. The quantitative estimate of drug-likeness (QED) is 0.808. The molecular formula is C9H14F3N5. The average Bonchev–Trinajstić information content (AvgIpc) is 2.86. The number of aromatic amines is 1. The summed E-state index contributed by atoms with van der Waals surface area (Å²) in [6.07, 6.45) is -4.35. The molecule has 8 heteroatoms. The number of H-pyrrole nitrogens is 1. The highest BCUT2D eigenvalue weighted by molar-refractivity contribution is 5.29. The molecule has 1 aliphatic heterocycles. The summed E-state index contributed by atoms with van der Waals surface area (Å²) in [6.45, 7) is 0.177. The van der Waals surface area contributed by atoms with Crippen molar-refractivity contribution in [3.8, 4) is 0 Å². The number of alkyl halides is 3. The Balaban J connectivity index is 2.39. The third kappa shape index (κ3) is 1.86. The van der Waals surface area contributed by atoms with Crippen molar-refractivity contribution in [2.24, 2.45) is 0 Å². The lowest BCUT2D eigenvalue weighted by molar-refractivity contribution is -0.187. The number of rotatable bonds is 2. The van der Waals surface area contributed by atoms with Crippen molar-refractivity contribution in [2.75, 3.05) is 32.1 Å². The smallest absolute Gasteiger partial charge is 0.346 e. The Hall–Kier alpha value is -1.31. The molecule has 1 saturated heterocycles. The highest BCUT2D eigenvalue weighted by Crippen LogP contribution is 2.44. The lowest BCUT2D eigenvalue weighted by Crippen LogP contribution is -2.45. The van der Waals surface area contributed by atoms with E-state index >= 15 is 0 Å². The SMILES string of the molecule is CN(C)c1n[nH]c(C2(C(F)(F)F)CCNC2)n1. The van der Waals surface area contributed by atoms with Crippen LogP contribution in [0.2, 0.25) is 0 Å². The van der Waals surface area contributed by atoms with E-state index in [0.717, 1.165) is 0 Å². The summed E-state index contributed by atoms with van der Waals surface area (Å²) in [5, 5.41) is 8.93. The lowest BCUT2D eigenvalue weighted by Gasteiger charge is -2.28. The van der Waals surface area contributed by atoms with Gasteiger partial charge in [-0.1, -0.05) is 0 Å². The monoisotopic (exact) mass is 249 g/mol. The minimum Gasteiger partial charge on any atom is -0.346 e. The third-order valence-electron chi connectivity index (χ3n) is 3.02. The molecule has 1 aromatic rings. The summed E-state index contributed by atoms with van der Waals surface area (Å²) >= 11 is 0. The van der Waals surface area contributed by atoms with Crippen molar-refractivity contribution < 1.29 is 13.2 Å². The Morgan fingerprint density at radius 2 is 2.06 bits per heavy atom. The van der Waals surface area contributed by atoms with Gasteiger partial charge in [0.2, 0.25) is 5.95 Å². The maximum atomic E-state index is 13.2. The summed E-state index contributed by atoms with van der Waals surface area (Å²) in [7, 11) is 3.36. The Bertz CT molecular complexity index is 392. The molecular weight excluding hydrogens is 235 g/mol. The molecule has 0 radical (unpaired) electrons. The van der Waals surface area contributed by atoms with E-state index in [2.05, 4.69) is 20.5 Å². The Labute approximate surface area is 96.4 Å². The Kier molecular flexibility index (Phi) is 2.76. The predicted molar refractivity (Wildman–Crippen MR) is 55.9 cm³/mol. The lowest BCUT2D eigenvalue weighted by atomic mass is 9.85. The topological polar surface area (TPSA) is 56.8 Å². The van der Waals surface area contributed by atoms with Gasteiger partial charge in [-0.15, -0.1) is 5.10 Å². The van der Waals surface area contributed by atoms with Crippen LogP contribution < -0.4 is 10.2 Å². The summed E-state index contributed by atoms with van der Waals surface area (Å²) in [5.74, 6) is 0.147. The fourth-order valence-corrected chi connectivity index (χ4v) is 1.94. The van der Waals surface area contributed by atoms with Crippen molar-refractivity contribution >= 4 is 5.95 Å². The molecule has 0 bridgehead atoms. The van der Waals surface area contributed by atoms with Gasteiger partial charge in [0.15, 0.2) is 0 Å². The maximum Gasteiger partial charge on any atom is 0.402 e. The summed E-state index contributed by atoms with van der Waals surface area (Å²) < 4.78 is 39.5. The van der Waals surface area contributed by atoms with Crippen molar-refractivity contribution in [1.82, 2.24) is 20.5 Å². The van der Waals surface area contributed by atoms with Gasteiger partial charge in [-0.05, 0) is 13.0 Å². The van der Waals surface area contributed by atoms with E-state index in [1.54, 1.807) is 19.0 Å². The average molecular weight is 249 g/mol. The fourth-order valence-electron chi connectivity index (χ4n) is 1.94. The first-order chi connectivity index (χ1) is 7.87. The van der Waals surface area contributed by atoms with Gasteiger partial charge in [0.25, 0.3) is 0 Å². The molecule has 2 heterocycles. The molecule has 5 nitrogen and oxygen atoms in total. The van der Waals surface area contributed by atoms with Crippen LogP contribution in [-0.2, 0) is 5.41 Å². The summed E-state index contributed by atoms with van der Waals surface area (Å²) in [6, 6.07) is 0. The summed E-state index contributed by atoms with van der Waals surface area (Å²) in [5.41, 5.74) is -1.94. The van der Waals surface area contributed by atoms with E-state index in [1.807, 2.05) is 0 Å². The van der Waals surface area contributed by atoms with Crippen LogP contribution in [0.3, 0.4) is 0 Å². The molecule has 1 unspecified atom stereocenters. The Morgan fingerprint density at radius 3 is 2.47 bits per heavy atom. The number of anilines is 1. The zero-order valence-electron chi connectivity index (χ0n) is 9.60. The van der Waals surface area contributed by atoms with Gasteiger partial charge >= 0.3 is 6.18 Å². The predicted octanol–water partition coefficient (Wildman–Crippen LogP) is 0.664. The first-order valence-corrected chi connectivity index (χ1v) is 5.24. The highest BCUT2D eigenvalue weighted by Gasteiger charge is 2.59. The van der Waals surface area contributed by atoms with Gasteiger partial charge in [0, 0.05) is 20.6 Å². The number of aromatic nitrogens is 3. The van der Waals surface area contributed by atoms with Crippen LogP contribution in [-0.4, -0.2) is 48.5 Å². The van der Waals surface area contributed by atoms with Gasteiger partial charge in [0.05, 0.1) is 0 Å². The molecule has 0 amide bonds. The van der Waals surface area contributed by atoms with Gasteiger partial charge in [-0.3, -0.25) is 5.10 Å². The molecule has 0 spiro atoms. The van der Waals surface area contributed by atoms with E-state index in [4.69, 9.17) is 0 Å². The molecule has 1 aromatic heterocycles. The van der Waals surface area contributed by atoms with Gasteiger partial charge in [-0.2, -0.15) is 18.2 Å². The second-order valence-corrected chi connectivity index (χ2v) is 4.39. The molecule has 0 saturated carbocycles. The van der Waals surface area contributed by atoms with E-state index in [9.17, 15) is 13.2 Å². The second-order valence-electron chi connectivity index (χ2n) is 4.39. The van der Waals surface area contributed by atoms with Crippen LogP contribution in [0, 0.1) is 0 Å². The maximum absolute atomic E-state index is 13.2. The van der Waals surface area contributed by atoms with Crippen LogP contribution in [0.5, 0.6) is 0 Å². The molecule has 1 atom stereocenters. The molecule has 2 rings (SSSR count). The minimum atomic E-state index is -4.33. The summed E-state index contributed by atoms with van der Waals surface area (Å²) in [4.78, 5) is 5.49. The molecule has 1 fully saturated rings. The zero-order valence-corrected chi connectivity index (χ0v) is 9.60. The van der Waals surface area contributed by atoms with Crippen LogP contribution in [0.25, 0.3) is 0 Å². The van der Waals surface area contributed by atoms with Gasteiger partial charge in [-0.25, -0.2) is 0 Å². The van der Waals surface area contributed by atoms with E-state index in [1.165, 1.54) is 0 Å². The number of hydrogen-bond acceptors (Lipinski definition) is 4. The van der Waals surface area contributed by atoms with Crippen molar-refractivity contribution in [1.29, 1.82) is 0 Å². The Morgan fingerprint density at radius 1 is 1.35 bits per heavy atom. The molecule has 0 aromatic carbocycles. The number of nitrogens with zero attached hydrogens (tertiary/aromatic N) is 3. The standard InChI is InChI=1S/C9H14F3N5/c1-17(2)7-14-6(15-16-7)8(9(10,11)12)3-4-13-5-8/h13H,3-5H2,1-2H3,(H,14,15,16). The number of nitrogens with one attached hydrogen (secondary N) is 2.